The minimum atomic E-state index is -0.0237. The van der Waals surface area contributed by atoms with E-state index < -0.39 is 0 Å². The van der Waals surface area contributed by atoms with Gasteiger partial charge in [0.2, 0.25) is 5.91 Å². The van der Waals surface area contributed by atoms with Gasteiger partial charge in [-0.3, -0.25) is 10.1 Å². The Bertz CT molecular complexity index is 464. The molecule has 1 heterocycles. The van der Waals surface area contributed by atoms with Crippen molar-refractivity contribution in [2.24, 2.45) is 5.92 Å². The molecule has 3 nitrogen and oxygen atoms in total. The van der Waals surface area contributed by atoms with Gasteiger partial charge in [-0.15, -0.1) is 0 Å². The summed E-state index contributed by atoms with van der Waals surface area (Å²) >= 11 is 0. The third-order valence-electron chi connectivity index (χ3n) is 4.45. The zero-order valence-corrected chi connectivity index (χ0v) is 12.2. The monoisotopic (exact) mass is 272 g/mol. The van der Waals surface area contributed by atoms with E-state index in [-0.39, 0.29) is 11.9 Å². The molecule has 2 atom stereocenters. The maximum absolute atomic E-state index is 12.1. The maximum Gasteiger partial charge on any atom is 0.237 e. The molecule has 0 aromatic heterocycles. The van der Waals surface area contributed by atoms with Crippen molar-refractivity contribution in [3.63, 3.8) is 0 Å². The molecule has 1 aromatic carbocycles. The number of benzene rings is 1. The van der Waals surface area contributed by atoms with Gasteiger partial charge in [-0.25, -0.2) is 0 Å². The first-order chi connectivity index (χ1) is 9.74. The molecule has 2 fully saturated rings. The first kappa shape index (κ1) is 13.6. The molecule has 2 N–H and O–H groups in total. The Morgan fingerprint density at radius 2 is 1.90 bits per heavy atom. The second-order valence-electron chi connectivity index (χ2n) is 6.23. The highest BCUT2D eigenvalue weighted by atomic mass is 16.2. The fourth-order valence-electron chi connectivity index (χ4n) is 3.02. The molecule has 2 aliphatic rings. The summed E-state index contributed by atoms with van der Waals surface area (Å²) in [7, 11) is 0. The summed E-state index contributed by atoms with van der Waals surface area (Å²) in [6.07, 6.45) is 5.74. The van der Waals surface area contributed by atoms with E-state index >= 15 is 0 Å². The average molecular weight is 272 g/mol. The van der Waals surface area contributed by atoms with E-state index in [2.05, 4.69) is 41.8 Å². The van der Waals surface area contributed by atoms with Crippen molar-refractivity contribution in [2.45, 2.75) is 51.1 Å². The number of amides is 1. The van der Waals surface area contributed by atoms with Gasteiger partial charge in [-0.2, -0.15) is 0 Å². The van der Waals surface area contributed by atoms with Crippen molar-refractivity contribution < 1.29 is 4.79 Å². The van der Waals surface area contributed by atoms with Gasteiger partial charge in [-0.05, 0) is 50.5 Å². The third kappa shape index (κ3) is 3.21. The Morgan fingerprint density at radius 1 is 1.15 bits per heavy atom. The Balaban J connectivity index is 1.73. The van der Waals surface area contributed by atoms with Crippen LogP contribution in [0.15, 0.2) is 24.3 Å². The second-order valence-corrected chi connectivity index (χ2v) is 6.23. The van der Waals surface area contributed by atoms with Crippen LogP contribution in [-0.4, -0.2) is 18.5 Å². The van der Waals surface area contributed by atoms with Crippen LogP contribution >= 0.6 is 0 Å². The minimum Gasteiger partial charge on any atom is -0.355 e. The van der Waals surface area contributed by atoms with Crippen LogP contribution in [0, 0.1) is 12.8 Å². The van der Waals surface area contributed by atoms with E-state index in [0.717, 1.165) is 25.8 Å². The quantitative estimate of drug-likeness (QED) is 0.885. The molecule has 3 heteroatoms. The van der Waals surface area contributed by atoms with Crippen molar-refractivity contribution >= 4 is 5.91 Å². The van der Waals surface area contributed by atoms with Crippen LogP contribution in [-0.2, 0) is 4.79 Å². The Kier molecular flexibility index (Phi) is 4.06. The van der Waals surface area contributed by atoms with E-state index in [4.69, 9.17) is 0 Å². The summed E-state index contributed by atoms with van der Waals surface area (Å²) in [5, 5.41) is 6.65. The van der Waals surface area contributed by atoms with Gasteiger partial charge >= 0.3 is 0 Å². The van der Waals surface area contributed by atoms with Gasteiger partial charge in [0.25, 0.3) is 0 Å². The Morgan fingerprint density at radius 3 is 2.60 bits per heavy atom. The molecule has 0 spiro atoms. The van der Waals surface area contributed by atoms with Crippen LogP contribution < -0.4 is 10.6 Å². The number of hydrogen-bond acceptors (Lipinski definition) is 2. The highest BCUT2D eigenvalue weighted by Gasteiger charge is 2.35. The first-order valence-electron chi connectivity index (χ1n) is 7.84. The van der Waals surface area contributed by atoms with Crippen LogP contribution in [0.25, 0.3) is 0 Å². The number of nitrogens with one attached hydrogen (secondary N) is 2. The summed E-state index contributed by atoms with van der Waals surface area (Å²) in [5.74, 6) is 0.883. The van der Waals surface area contributed by atoms with Crippen molar-refractivity contribution in [3.8, 4) is 0 Å². The number of aryl methyl sites for hydroxylation is 1. The van der Waals surface area contributed by atoms with E-state index in [9.17, 15) is 4.79 Å². The summed E-state index contributed by atoms with van der Waals surface area (Å²) in [6.45, 7) is 2.94. The average Bonchev–Trinajstić information content (AvgIpc) is 3.27. The first-order valence-corrected chi connectivity index (χ1v) is 7.84. The van der Waals surface area contributed by atoms with Crippen LogP contribution in [0.3, 0.4) is 0 Å². The summed E-state index contributed by atoms with van der Waals surface area (Å²) in [5.41, 5.74) is 2.62. The molecule has 0 bridgehead atoms. The van der Waals surface area contributed by atoms with Crippen LogP contribution in [0.1, 0.15) is 49.3 Å². The van der Waals surface area contributed by atoms with Crippen molar-refractivity contribution in [2.75, 3.05) is 6.54 Å². The lowest BCUT2D eigenvalue weighted by Gasteiger charge is -2.24. The molecule has 0 radical (unpaired) electrons. The second kappa shape index (κ2) is 5.96. The Hall–Kier alpha value is -1.35. The lowest BCUT2D eigenvalue weighted by atomic mass is 9.99. The number of carbonyl (C=O) groups excluding carboxylic acids is 1. The SMILES string of the molecule is Cc1ccc(C(NC2CCCCNC2=O)C2CC2)cc1. The van der Waals surface area contributed by atoms with E-state index in [1.807, 2.05) is 0 Å². The molecule has 2 unspecified atom stereocenters. The summed E-state index contributed by atoms with van der Waals surface area (Å²) < 4.78 is 0. The number of hydrogen-bond donors (Lipinski definition) is 2. The van der Waals surface area contributed by atoms with Gasteiger partial charge in [0, 0.05) is 12.6 Å². The van der Waals surface area contributed by atoms with Crippen molar-refractivity contribution in [3.05, 3.63) is 35.4 Å². The van der Waals surface area contributed by atoms with E-state index in [0.29, 0.717) is 12.0 Å². The van der Waals surface area contributed by atoms with Crippen molar-refractivity contribution in [1.82, 2.24) is 10.6 Å². The molecular formula is C17H24N2O. The molecule has 108 valence electrons. The molecule has 1 aliphatic heterocycles. The number of carbonyl (C=O) groups is 1. The highest BCUT2D eigenvalue weighted by Crippen LogP contribution is 2.41. The van der Waals surface area contributed by atoms with Gasteiger partial charge in [0.15, 0.2) is 0 Å². The molecular weight excluding hydrogens is 248 g/mol. The Labute approximate surface area is 121 Å². The lowest BCUT2D eigenvalue weighted by Crippen LogP contribution is -2.44. The van der Waals surface area contributed by atoms with Crippen molar-refractivity contribution in [1.29, 1.82) is 0 Å². The van der Waals surface area contributed by atoms with Crippen LogP contribution in [0.2, 0.25) is 0 Å². The highest BCUT2D eigenvalue weighted by molar-refractivity contribution is 5.82. The molecule has 1 aromatic rings. The predicted molar refractivity (Wildman–Crippen MR) is 80.4 cm³/mol. The van der Waals surface area contributed by atoms with Gasteiger partial charge in [0.05, 0.1) is 6.04 Å². The molecule has 1 saturated heterocycles. The zero-order chi connectivity index (χ0) is 13.9. The van der Waals surface area contributed by atoms with Gasteiger partial charge in [0.1, 0.15) is 0 Å². The predicted octanol–water partition coefficient (Wildman–Crippen LogP) is 2.70. The fraction of sp³-hybridized carbons (Fsp3) is 0.588. The standard InChI is InChI=1S/C17H24N2O/c1-12-5-7-13(8-6-12)16(14-9-10-14)19-15-4-2-3-11-18-17(15)20/h5-8,14-16,19H,2-4,9-11H2,1H3,(H,18,20). The smallest absolute Gasteiger partial charge is 0.237 e. The van der Waals surface area contributed by atoms with Gasteiger partial charge in [-0.1, -0.05) is 29.8 Å². The number of rotatable bonds is 4. The fourth-order valence-corrected chi connectivity index (χ4v) is 3.02. The molecule has 1 aliphatic carbocycles. The van der Waals surface area contributed by atoms with E-state index in [1.54, 1.807) is 0 Å². The maximum atomic E-state index is 12.1. The molecule has 1 saturated carbocycles. The minimum absolute atomic E-state index is 0.0237. The van der Waals surface area contributed by atoms with Gasteiger partial charge < -0.3 is 5.32 Å². The summed E-state index contributed by atoms with van der Waals surface area (Å²) in [6, 6.07) is 9.06. The topological polar surface area (TPSA) is 41.1 Å². The zero-order valence-electron chi connectivity index (χ0n) is 12.2. The normalized spacial score (nSPS) is 24.9. The molecule has 3 rings (SSSR count). The van der Waals surface area contributed by atoms with Crippen LogP contribution in [0.5, 0.6) is 0 Å². The summed E-state index contributed by atoms with van der Waals surface area (Å²) in [4.78, 5) is 12.1. The third-order valence-corrected chi connectivity index (χ3v) is 4.45. The van der Waals surface area contributed by atoms with E-state index in [1.165, 1.54) is 24.0 Å². The van der Waals surface area contributed by atoms with Crippen LogP contribution in [0.4, 0.5) is 0 Å². The largest absolute Gasteiger partial charge is 0.355 e. The molecule has 1 amide bonds. The molecule has 20 heavy (non-hydrogen) atoms. The lowest BCUT2D eigenvalue weighted by molar-refractivity contribution is -0.123.